The van der Waals surface area contributed by atoms with Crippen LogP contribution in [0.4, 0.5) is 0 Å². The first-order valence-corrected chi connectivity index (χ1v) is 13.9. The van der Waals surface area contributed by atoms with E-state index in [1.54, 1.807) is 18.2 Å². The van der Waals surface area contributed by atoms with Crippen LogP contribution in [0.2, 0.25) is 0 Å². The maximum Gasteiger partial charge on any atom is 0.136 e. The Hall–Kier alpha value is -5.66. The fourth-order valence-electron chi connectivity index (χ4n) is 6.78. The van der Waals surface area contributed by atoms with Gasteiger partial charge in [-0.3, -0.25) is 0 Å². The molecule has 10 aromatic rings. The fourth-order valence-corrected chi connectivity index (χ4v) is 6.78. The summed E-state index contributed by atoms with van der Waals surface area (Å²) in [7, 11) is 0. The van der Waals surface area contributed by atoms with Crippen LogP contribution in [0.1, 0.15) is 16.4 Å². The van der Waals surface area contributed by atoms with Crippen LogP contribution in [0.3, 0.4) is 0 Å². The summed E-state index contributed by atoms with van der Waals surface area (Å²) in [5.41, 5.74) is 1.33. The molecule has 1 nitrogen and oxygen atoms in total. The molecule has 198 valence electrons. The van der Waals surface area contributed by atoms with E-state index in [4.69, 9.17) is 15.4 Å². The minimum atomic E-state index is -0.520. The highest BCUT2D eigenvalue weighted by atomic mass is 16.3. The van der Waals surface area contributed by atoms with Gasteiger partial charge >= 0.3 is 0 Å². The molecule has 0 unspecified atom stereocenters. The lowest BCUT2D eigenvalue weighted by molar-refractivity contribution is 0.669. The van der Waals surface area contributed by atoms with Crippen molar-refractivity contribution in [2.24, 2.45) is 0 Å². The summed E-state index contributed by atoms with van der Waals surface area (Å²) >= 11 is 0. The molecule has 0 N–H and O–H groups in total. The van der Waals surface area contributed by atoms with Gasteiger partial charge in [0.05, 0.1) is 16.4 Å². The molecule has 0 saturated heterocycles. The largest absolute Gasteiger partial charge is 0.456 e. The van der Waals surface area contributed by atoms with E-state index in [0.717, 1.165) is 32.3 Å². The molecule has 0 amide bonds. The Labute approximate surface area is 264 Å². The summed E-state index contributed by atoms with van der Waals surface area (Å²) in [5, 5.41) is 6.45. The van der Waals surface area contributed by atoms with Crippen molar-refractivity contribution in [2.45, 2.75) is 0 Å². The Balaban J connectivity index is 1.45. The molecule has 0 aliphatic carbocycles. The Morgan fingerprint density at radius 2 is 0.977 bits per heavy atom. The summed E-state index contributed by atoms with van der Waals surface area (Å²) in [6, 6.07) is 17.4. The van der Waals surface area contributed by atoms with Crippen LogP contribution in [0.15, 0.2) is 150 Å². The van der Waals surface area contributed by atoms with Crippen LogP contribution in [-0.4, -0.2) is 0 Å². The van der Waals surface area contributed by atoms with Gasteiger partial charge in [0.15, 0.2) is 0 Å². The molecule has 1 heterocycles. The second-order valence-electron chi connectivity index (χ2n) is 10.7. The molecule has 9 aromatic carbocycles. The van der Waals surface area contributed by atoms with E-state index in [9.17, 15) is 5.48 Å². The zero-order valence-electron chi connectivity index (χ0n) is 34.3. The van der Waals surface area contributed by atoms with Gasteiger partial charge in [-0.2, -0.15) is 0 Å². The van der Waals surface area contributed by atoms with Gasteiger partial charge in [-0.15, -0.1) is 0 Å². The molecule has 0 aliphatic rings. The van der Waals surface area contributed by atoms with E-state index >= 15 is 0 Å². The normalized spacial score (nSPS) is 16.1. The quantitative estimate of drug-likeness (QED) is 0.152. The van der Waals surface area contributed by atoms with E-state index in [-0.39, 0.29) is 73.4 Å². The summed E-state index contributed by atoms with van der Waals surface area (Å²) < 4.78 is 112. The van der Waals surface area contributed by atoms with E-state index in [2.05, 4.69) is 0 Å². The molecule has 0 aliphatic heterocycles. The standard InChI is InChI=1S/C42H24O/c1-3-13-33-31(11-1)40(28-20-21-30-29-10-5-6-15-37(29)43-38(30)24-28)32-12-2-4-14-34(32)42(33)36-23-19-27-17-16-25-8-7-9-26-18-22-35(36)41(27)39(25)26/h1-24H/i1D,2D,3D,4D,5D,6D,10D,11D,12D,13D,14D,15D. The Kier molecular flexibility index (Phi) is 2.84. The Morgan fingerprint density at radius 1 is 0.419 bits per heavy atom. The van der Waals surface area contributed by atoms with Crippen LogP contribution in [0.5, 0.6) is 0 Å². The average Bonchev–Trinajstić information content (AvgIpc) is 3.59. The van der Waals surface area contributed by atoms with Crippen molar-refractivity contribution < 1.29 is 20.9 Å². The maximum absolute atomic E-state index is 9.40. The second-order valence-corrected chi connectivity index (χ2v) is 10.7. The van der Waals surface area contributed by atoms with Crippen LogP contribution in [0, 0.1) is 0 Å². The number of rotatable bonds is 2. The van der Waals surface area contributed by atoms with Crippen LogP contribution in [-0.2, 0) is 0 Å². The first-order valence-electron chi connectivity index (χ1n) is 19.9. The number of para-hydroxylation sites is 1. The van der Waals surface area contributed by atoms with Crippen LogP contribution < -0.4 is 0 Å². The maximum atomic E-state index is 9.40. The summed E-state index contributed by atoms with van der Waals surface area (Å²) in [5.74, 6) is 0. The van der Waals surface area contributed by atoms with Gasteiger partial charge < -0.3 is 4.42 Å². The Morgan fingerprint density at radius 3 is 1.70 bits per heavy atom. The third kappa shape index (κ3) is 3.11. The molecule has 0 saturated carbocycles. The van der Waals surface area contributed by atoms with Gasteiger partial charge in [-0.1, -0.05) is 127 Å². The highest BCUT2D eigenvalue weighted by Gasteiger charge is 2.20. The predicted octanol–water partition coefficient (Wildman–Crippen LogP) is 12.1. The van der Waals surface area contributed by atoms with E-state index in [0.29, 0.717) is 16.5 Å². The molecule has 10 rings (SSSR count). The van der Waals surface area contributed by atoms with E-state index < -0.39 is 48.3 Å². The Bertz CT molecular complexity index is 3310. The SMILES string of the molecule is [2H]c1c([2H])c([2H])c2c(oc3cc(-c4c5c([2H])c([2H])c([2H])c([2H])c5c(-c5ccc6ccc7cccc8ccc5c6c78)c5c([2H])c([2H])c([2H])c([2H])c45)ccc32)c1[2H]. The zero-order chi connectivity index (χ0) is 38.5. The third-order valence-electron chi connectivity index (χ3n) is 8.58. The molecular formula is C42H24O. The van der Waals surface area contributed by atoms with Gasteiger partial charge in [-0.25, -0.2) is 0 Å². The highest BCUT2D eigenvalue weighted by molar-refractivity contribution is 6.29. The lowest BCUT2D eigenvalue weighted by atomic mass is 9.83. The topological polar surface area (TPSA) is 13.1 Å². The van der Waals surface area contributed by atoms with Gasteiger partial charge in [0.1, 0.15) is 11.2 Å². The molecule has 0 spiro atoms. The minimum Gasteiger partial charge on any atom is -0.456 e. The van der Waals surface area contributed by atoms with Crippen molar-refractivity contribution in [1.29, 1.82) is 0 Å². The lowest BCUT2D eigenvalue weighted by Gasteiger charge is -2.20. The zero-order valence-corrected chi connectivity index (χ0v) is 22.3. The molecule has 0 bridgehead atoms. The number of fused-ring (bicyclic) bond motifs is 5. The van der Waals surface area contributed by atoms with Gasteiger partial charge in [-0.05, 0) is 94.3 Å². The van der Waals surface area contributed by atoms with Crippen LogP contribution in [0.25, 0.3) is 98.1 Å². The summed E-state index contributed by atoms with van der Waals surface area (Å²) in [6.07, 6.45) is 0. The summed E-state index contributed by atoms with van der Waals surface area (Å²) in [6.45, 7) is 0. The van der Waals surface area contributed by atoms with Gasteiger partial charge in [0.2, 0.25) is 0 Å². The molecule has 0 fully saturated rings. The fraction of sp³-hybridized carbons (Fsp3) is 0. The number of benzene rings is 9. The third-order valence-corrected chi connectivity index (χ3v) is 8.58. The predicted molar refractivity (Wildman–Crippen MR) is 183 cm³/mol. The highest BCUT2D eigenvalue weighted by Crippen LogP contribution is 2.47. The number of furan rings is 1. The molecule has 0 radical (unpaired) electrons. The molecule has 0 atom stereocenters. The van der Waals surface area contributed by atoms with Crippen LogP contribution >= 0.6 is 0 Å². The number of hydrogen-bond acceptors (Lipinski definition) is 1. The van der Waals surface area contributed by atoms with Gasteiger partial charge in [0.25, 0.3) is 0 Å². The van der Waals surface area contributed by atoms with Crippen molar-refractivity contribution in [3.8, 4) is 22.3 Å². The molecule has 1 aromatic heterocycles. The van der Waals surface area contributed by atoms with Crippen molar-refractivity contribution in [2.75, 3.05) is 0 Å². The van der Waals surface area contributed by atoms with Crippen molar-refractivity contribution in [1.82, 2.24) is 0 Å². The molecular weight excluding hydrogens is 520 g/mol. The van der Waals surface area contributed by atoms with Crippen molar-refractivity contribution in [3.05, 3.63) is 145 Å². The number of hydrogen-bond donors (Lipinski definition) is 0. The molecule has 43 heavy (non-hydrogen) atoms. The smallest absolute Gasteiger partial charge is 0.136 e. The minimum absolute atomic E-state index is 0.0453. The monoisotopic (exact) mass is 556 g/mol. The van der Waals surface area contributed by atoms with Crippen molar-refractivity contribution >= 4 is 75.8 Å². The van der Waals surface area contributed by atoms with E-state index in [1.807, 2.05) is 54.6 Å². The first kappa shape index (κ1) is 14.5. The van der Waals surface area contributed by atoms with Crippen molar-refractivity contribution in [3.63, 3.8) is 0 Å². The second kappa shape index (κ2) is 8.44. The lowest BCUT2D eigenvalue weighted by Crippen LogP contribution is -1.92. The van der Waals surface area contributed by atoms with E-state index in [1.165, 1.54) is 0 Å². The average molecular weight is 557 g/mol. The van der Waals surface area contributed by atoms with Gasteiger partial charge in [0, 0.05) is 10.8 Å². The summed E-state index contributed by atoms with van der Waals surface area (Å²) in [4.78, 5) is 0. The first-order chi connectivity index (χ1) is 26.3. The molecule has 1 heteroatoms.